The zero-order valence-electron chi connectivity index (χ0n) is 15.8. The average Bonchev–Trinajstić information content (AvgIpc) is 3.42. The molecule has 3 heterocycles. The van der Waals surface area contributed by atoms with Crippen LogP contribution in [0.15, 0.2) is 61.1 Å². The van der Waals surface area contributed by atoms with Crippen molar-refractivity contribution in [3.63, 3.8) is 0 Å². The predicted octanol–water partition coefficient (Wildman–Crippen LogP) is 1.92. The number of amides is 1. The van der Waals surface area contributed by atoms with Crippen LogP contribution < -0.4 is 5.32 Å². The monoisotopic (exact) mass is 408 g/mol. The predicted molar refractivity (Wildman–Crippen MR) is 109 cm³/mol. The van der Waals surface area contributed by atoms with Gasteiger partial charge in [-0.25, -0.2) is 4.68 Å². The molecule has 9 nitrogen and oxygen atoms in total. The van der Waals surface area contributed by atoms with Crippen molar-refractivity contribution in [3.05, 3.63) is 72.4 Å². The van der Waals surface area contributed by atoms with E-state index in [-0.39, 0.29) is 11.9 Å². The summed E-state index contributed by atoms with van der Waals surface area (Å²) >= 11 is 1.72. The molecule has 29 heavy (non-hydrogen) atoms. The molecule has 0 spiro atoms. The summed E-state index contributed by atoms with van der Waals surface area (Å²) in [5, 5.41) is 23.0. The Kier molecular flexibility index (Phi) is 5.80. The maximum Gasteiger partial charge on any atom is 0.250 e. The summed E-state index contributed by atoms with van der Waals surface area (Å²) in [5.74, 6) is 1.36. The van der Waals surface area contributed by atoms with Gasteiger partial charge in [-0.05, 0) is 46.6 Å². The van der Waals surface area contributed by atoms with Crippen LogP contribution in [0.3, 0.4) is 0 Å². The van der Waals surface area contributed by atoms with E-state index in [0.717, 1.165) is 23.4 Å². The second kappa shape index (κ2) is 8.82. The van der Waals surface area contributed by atoms with Gasteiger partial charge in [0, 0.05) is 6.20 Å². The first-order chi connectivity index (χ1) is 14.3. The van der Waals surface area contributed by atoms with Gasteiger partial charge >= 0.3 is 0 Å². The van der Waals surface area contributed by atoms with Crippen molar-refractivity contribution in [1.82, 2.24) is 40.1 Å². The number of carbonyl (C=O) groups is 1. The Morgan fingerprint density at radius 1 is 1.14 bits per heavy atom. The normalized spacial score (nSPS) is 13.3. The van der Waals surface area contributed by atoms with Gasteiger partial charge in [0.15, 0.2) is 17.5 Å². The molecule has 0 aliphatic carbocycles. The van der Waals surface area contributed by atoms with Crippen LogP contribution in [0.1, 0.15) is 29.9 Å². The fraction of sp³-hybridized carbons (Fsp3) is 0.263. The lowest BCUT2D eigenvalue weighted by atomic mass is 10.1. The molecule has 10 heteroatoms. The first-order valence-corrected chi connectivity index (χ1v) is 10.5. The van der Waals surface area contributed by atoms with Crippen LogP contribution in [0, 0.1) is 0 Å². The van der Waals surface area contributed by atoms with Crippen molar-refractivity contribution < 1.29 is 4.79 Å². The summed E-state index contributed by atoms with van der Waals surface area (Å²) in [6, 6.07) is 14.2. The van der Waals surface area contributed by atoms with E-state index in [0.29, 0.717) is 5.82 Å². The Morgan fingerprint density at radius 3 is 2.72 bits per heavy atom. The second-order valence-corrected chi connectivity index (χ2v) is 7.42. The van der Waals surface area contributed by atoms with E-state index >= 15 is 0 Å². The lowest BCUT2D eigenvalue weighted by Crippen LogP contribution is -2.37. The minimum absolute atomic E-state index is 0.206. The zero-order valence-corrected chi connectivity index (χ0v) is 16.6. The number of rotatable bonds is 8. The molecule has 4 rings (SSSR count). The molecule has 0 radical (unpaired) electrons. The number of tetrazole rings is 1. The highest BCUT2D eigenvalue weighted by atomic mass is 32.2. The van der Waals surface area contributed by atoms with Crippen LogP contribution in [-0.4, -0.2) is 52.7 Å². The summed E-state index contributed by atoms with van der Waals surface area (Å²) in [4.78, 5) is 13.4. The van der Waals surface area contributed by atoms with Gasteiger partial charge in [-0.3, -0.25) is 9.20 Å². The first kappa shape index (κ1) is 19.1. The lowest BCUT2D eigenvalue weighted by Gasteiger charge is -2.22. The number of hydrogen-bond donors (Lipinski definition) is 1. The van der Waals surface area contributed by atoms with Crippen LogP contribution in [-0.2, 0) is 4.79 Å². The minimum atomic E-state index is -0.679. The van der Waals surface area contributed by atoms with Crippen molar-refractivity contribution in [1.29, 1.82) is 0 Å². The fourth-order valence-electron chi connectivity index (χ4n) is 3.20. The molecule has 3 aromatic heterocycles. The summed E-state index contributed by atoms with van der Waals surface area (Å²) in [6.07, 6.45) is 6.11. The standard InChI is InChI=1S/C19H20N8OS/c1-29-12-10-15(18-23-22-16-9-5-6-11-26(16)18)21-19(28)17(27-13-20-24-25-27)14-7-3-2-4-8-14/h2-9,11,13,15,17H,10,12H2,1H3,(H,21,28)/t15-,17-/m0/s1. The van der Waals surface area contributed by atoms with Gasteiger partial charge in [0.2, 0.25) is 5.91 Å². The van der Waals surface area contributed by atoms with Gasteiger partial charge in [-0.15, -0.1) is 15.3 Å². The molecule has 4 aromatic rings. The van der Waals surface area contributed by atoms with Crippen LogP contribution >= 0.6 is 11.8 Å². The Hall–Kier alpha value is -3.27. The number of hydrogen-bond acceptors (Lipinski definition) is 7. The van der Waals surface area contributed by atoms with Crippen molar-refractivity contribution in [2.45, 2.75) is 18.5 Å². The highest BCUT2D eigenvalue weighted by Crippen LogP contribution is 2.22. The minimum Gasteiger partial charge on any atom is -0.344 e. The number of pyridine rings is 1. The molecular weight excluding hydrogens is 388 g/mol. The van der Waals surface area contributed by atoms with Crippen LogP contribution in [0.4, 0.5) is 0 Å². The molecule has 0 fully saturated rings. The van der Waals surface area contributed by atoms with Crippen LogP contribution in [0.2, 0.25) is 0 Å². The van der Waals surface area contributed by atoms with Gasteiger partial charge in [-0.2, -0.15) is 11.8 Å². The first-order valence-electron chi connectivity index (χ1n) is 9.14. The smallest absolute Gasteiger partial charge is 0.250 e. The maximum atomic E-state index is 13.4. The van der Waals surface area contributed by atoms with E-state index in [2.05, 4.69) is 31.0 Å². The van der Waals surface area contributed by atoms with Gasteiger partial charge in [0.1, 0.15) is 6.33 Å². The van der Waals surface area contributed by atoms with E-state index in [9.17, 15) is 4.79 Å². The largest absolute Gasteiger partial charge is 0.344 e. The van der Waals surface area contributed by atoms with Crippen molar-refractivity contribution in [2.75, 3.05) is 12.0 Å². The van der Waals surface area contributed by atoms with Crippen LogP contribution in [0.5, 0.6) is 0 Å². The number of carbonyl (C=O) groups excluding carboxylic acids is 1. The highest BCUT2D eigenvalue weighted by Gasteiger charge is 2.28. The summed E-state index contributed by atoms with van der Waals surface area (Å²) in [6.45, 7) is 0. The van der Waals surface area contributed by atoms with Gasteiger partial charge in [0.25, 0.3) is 0 Å². The third kappa shape index (κ3) is 4.11. The van der Waals surface area contributed by atoms with Gasteiger partial charge in [-0.1, -0.05) is 36.4 Å². The molecule has 0 saturated carbocycles. The van der Waals surface area contributed by atoms with Gasteiger partial charge in [0.05, 0.1) is 6.04 Å². The van der Waals surface area contributed by atoms with Crippen molar-refractivity contribution in [2.24, 2.45) is 0 Å². The zero-order chi connectivity index (χ0) is 20.1. The fourth-order valence-corrected chi connectivity index (χ4v) is 3.67. The van der Waals surface area contributed by atoms with E-state index in [4.69, 9.17) is 0 Å². The summed E-state index contributed by atoms with van der Waals surface area (Å²) in [7, 11) is 0. The quantitative estimate of drug-likeness (QED) is 0.475. The average molecular weight is 408 g/mol. The number of nitrogens with zero attached hydrogens (tertiary/aromatic N) is 7. The molecule has 2 atom stereocenters. The molecular formula is C19H20N8OS. The molecule has 0 aliphatic rings. The van der Waals surface area contributed by atoms with Crippen LogP contribution in [0.25, 0.3) is 5.65 Å². The Balaban J connectivity index is 1.66. The molecule has 0 saturated heterocycles. The number of thioether (sulfide) groups is 1. The SMILES string of the molecule is CSCC[C@H](NC(=O)[C@H](c1ccccc1)n1cnnn1)c1nnc2ccccn12. The number of nitrogens with one attached hydrogen (secondary N) is 1. The summed E-state index contributed by atoms with van der Waals surface area (Å²) in [5.41, 5.74) is 1.54. The molecule has 1 aromatic carbocycles. The Bertz CT molecular complexity index is 1070. The third-order valence-electron chi connectivity index (χ3n) is 4.57. The Labute approximate surface area is 171 Å². The maximum absolute atomic E-state index is 13.4. The summed E-state index contributed by atoms with van der Waals surface area (Å²) < 4.78 is 3.36. The number of benzene rings is 1. The van der Waals surface area contributed by atoms with Crippen molar-refractivity contribution in [3.8, 4) is 0 Å². The second-order valence-electron chi connectivity index (χ2n) is 6.43. The molecule has 0 unspecified atom stereocenters. The highest BCUT2D eigenvalue weighted by molar-refractivity contribution is 7.98. The molecule has 0 aliphatic heterocycles. The molecule has 1 amide bonds. The molecule has 148 valence electrons. The van der Waals surface area contributed by atoms with E-state index < -0.39 is 6.04 Å². The van der Waals surface area contributed by atoms with E-state index in [1.807, 2.05) is 65.4 Å². The number of aromatic nitrogens is 7. The topological polar surface area (TPSA) is 103 Å². The molecule has 0 bridgehead atoms. The lowest BCUT2D eigenvalue weighted by molar-refractivity contribution is -0.124. The van der Waals surface area contributed by atoms with E-state index in [1.165, 1.54) is 11.0 Å². The van der Waals surface area contributed by atoms with Gasteiger partial charge < -0.3 is 5.32 Å². The number of fused-ring (bicyclic) bond motifs is 1. The Morgan fingerprint density at radius 2 is 1.97 bits per heavy atom. The van der Waals surface area contributed by atoms with E-state index in [1.54, 1.807) is 11.8 Å². The van der Waals surface area contributed by atoms with Crippen molar-refractivity contribution >= 4 is 23.3 Å². The molecule has 1 N–H and O–H groups in total. The third-order valence-corrected chi connectivity index (χ3v) is 5.22.